The first-order valence-corrected chi connectivity index (χ1v) is 4.50. The molecule has 2 atom stereocenters. The van der Waals surface area contributed by atoms with E-state index in [1.165, 1.54) is 6.92 Å². The van der Waals surface area contributed by atoms with Crippen LogP contribution in [0.3, 0.4) is 0 Å². The van der Waals surface area contributed by atoms with E-state index in [0.29, 0.717) is 0 Å². The Kier molecular flexibility index (Phi) is 1.65. The van der Waals surface area contributed by atoms with E-state index < -0.39 is 0 Å². The first kappa shape index (κ1) is 8.05. The van der Waals surface area contributed by atoms with Gasteiger partial charge in [-0.3, -0.25) is 4.79 Å². The Morgan fingerprint density at radius 1 is 1.50 bits per heavy atom. The summed E-state index contributed by atoms with van der Waals surface area (Å²) in [6.45, 7) is 1.43. The molecule has 0 bridgehead atoms. The van der Waals surface area contributed by atoms with Crippen molar-refractivity contribution in [3.05, 3.63) is 0 Å². The topological polar surface area (TPSA) is 46.5 Å². The van der Waals surface area contributed by atoms with Crippen LogP contribution in [0.15, 0.2) is 0 Å². The molecule has 2 aliphatic carbocycles. The number of carbonyl (C=O) groups is 1. The van der Waals surface area contributed by atoms with Crippen LogP contribution in [0, 0.1) is 5.41 Å². The van der Waals surface area contributed by atoms with Crippen molar-refractivity contribution in [2.24, 2.45) is 5.41 Å². The molecule has 12 heavy (non-hydrogen) atoms. The van der Waals surface area contributed by atoms with Gasteiger partial charge in [0.05, 0.1) is 6.10 Å². The Morgan fingerprint density at radius 2 is 2.17 bits per heavy atom. The van der Waals surface area contributed by atoms with Crippen molar-refractivity contribution in [1.82, 2.24) is 0 Å². The molecule has 1 N–H and O–H groups in total. The minimum Gasteiger partial charge on any atom is -0.462 e. The van der Waals surface area contributed by atoms with Crippen LogP contribution in [0.25, 0.3) is 0 Å². The standard InChI is InChI=1S/C9H14O3/c1-6(10)12-8-3-2-7(11)9(8)4-5-9/h7-8,11H,2-5H2,1H3/t7-,8-/m1/s1. The molecule has 0 radical (unpaired) electrons. The number of hydrogen-bond donors (Lipinski definition) is 1. The Hall–Kier alpha value is -0.570. The van der Waals surface area contributed by atoms with Crippen molar-refractivity contribution in [3.63, 3.8) is 0 Å². The summed E-state index contributed by atoms with van der Waals surface area (Å²) < 4.78 is 5.16. The van der Waals surface area contributed by atoms with E-state index in [1.807, 2.05) is 0 Å². The molecule has 68 valence electrons. The number of carbonyl (C=O) groups excluding carboxylic acids is 1. The van der Waals surface area contributed by atoms with Gasteiger partial charge in [-0.15, -0.1) is 0 Å². The summed E-state index contributed by atoms with van der Waals surface area (Å²) in [5.41, 5.74) is -0.0360. The van der Waals surface area contributed by atoms with Gasteiger partial charge in [0, 0.05) is 12.3 Å². The SMILES string of the molecule is CC(=O)O[C@@H]1CC[C@@H](O)C12CC2. The second-order valence-corrected chi connectivity index (χ2v) is 3.92. The molecule has 2 saturated carbocycles. The molecule has 3 heteroatoms. The number of hydrogen-bond acceptors (Lipinski definition) is 3. The number of esters is 1. The third-order valence-electron chi connectivity index (χ3n) is 3.14. The molecule has 0 saturated heterocycles. The number of aliphatic hydroxyl groups is 1. The molecule has 0 aromatic rings. The van der Waals surface area contributed by atoms with Gasteiger partial charge in [-0.2, -0.15) is 0 Å². The summed E-state index contributed by atoms with van der Waals surface area (Å²) in [6.07, 6.45) is 3.42. The predicted octanol–water partition coefficient (Wildman–Crippen LogP) is 0.853. The van der Waals surface area contributed by atoms with Gasteiger partial charge < -0.3 is 9.84 Å². The van der Waals surface area contributed by atoms with Crippen LogP contribution in [-0.4, -0.2) is 23.3 Å². The molecule has 0 aliphatic heterocycles. The molecule has 0 unspecified atom stereocenters. The summed E-state index contributed by atoms with van der Waals surface area (Å²) >= 11 is 0. The summed E-state index contributed by atoms with van der Waals surface area (Å²) in [7, 11) is 0. The lowest BCUT2D eigenvalue weighted by atomic mass is 10.0. The van der Waals surface area contributed by atoms with Gasteiger partial charge in [0.1, 0.15) is 6.10 Å². The normalized spacial score (nSPS) is 36.8. The average molecular weight is 170 g/mol. The van der Waals surface area contributed by atoms with Crippen LogP contribution in [0.4, 0.5) is 0 Å². The molecule has 2 aliphatic rings. The molecule has 0 aromatic heterocycles. The van der Waals surface area contributed by atoms with E-state index in [0.717, 1.165) is 25.7 Å². The molecule has 2 rings (SSSR count). The Morgan fingerprint density at radius 3 is 2.67 bits per heavy atom. The minimum absolute atomic E-state index is 0.00926. The van der Waals surface area contributed by atoms with E-state index in [-0.39, 0.29) is 23.6 Å². The summed E-state index contributed by atoms with van der Waals surface area (Å²) in [5, 5.41) is 9.61. The van der Waals surface area contributed by atoms with Crippen molar-refractivity contribution < 1.29 is 14.6 Å². The zero-order valence-electron chi connectivity index (χ0n) is 7.25. The molecule has 0 amide bonds. The second-order valence-electron chi connectivity index (χ2n) is 3.92. The Bertz CT molecular complexity index is 208. The van der Waals surface area contributed by atoms with Gasteiger partial charge in [0.25, 0.3) is 0 Å². The maximum Gasteiger partial charge on any atom is 0.302 e. The fraction of sp³-hybridized carbons (Fsp3) is 0.889. The highest BCUT2D eigenvalue weighted by Crippen LogP contribution is 2.58. The van der Waals surface area contributed by atoms with Crippen LogP contribution in [0.5, 0.6) is 0 Å². The monoisotopic (exact) mass is 170 g/mol. The van der Waals surface area contributed by atoms with Gasteiger partial charge >= 0.3 is 5.97 Å². The Labute approximate surface area is 71.7 Å². The van der Waals surface area contributed by atoms with Crippen LogP contribution in [-0.2, 0) is 9.53 Å². The predicted molar refractivity (Wildman–Crippen MR) is 42.5 cm³/mol. The van der Waals surface area contributed by atoms with E-state index >= 15 is 0 Å². The Balaban J connectivity index is 2.03. The zero-order valence-corrected chi connectivity index (χ0v) is 7.25. The van der Waals surface area contributed by atoms with Gasteiger partial charge in [-0.1, -0.05) is 0 Å². The zero-order chi connectivity index (χ0) is 8.77. The molecular formula is C9H14O3. The van der Waals surface area contributed by atoms with Crippen LogP contribution < -0.4 is 0 Å². The molecule has 2 fully saturated rings. The van der Waals surface area contributed by atoms with Crippen molar-refractivity contribution in [2.75, 3.05) is 0 Å². The lowest BCUT2D eigenvalue weighted by Crippen LogP contribution is -2.28. The number of rotatable bonds is 1. The van der Waals surface area contributed by atoms with Crippen molar-refractivity contribution in [3.8, 4) is 0 Å². The van der Waals surface area contributed by atoms with E-state index in [2.05, 4.69) is 0 Å². The fourth-order valence-electron chi connectivity index (χ4n) is 2.27. The van der Waals surface area contributed by atoms with Gasteiger partial charge in [-0.05, 0) is 25.7 Å². The van der Waals surface area contributed by atoms with Gasteiger partial charge in [-0.25, -0.2) is 0 Å². The smallest absolute Gasteiger partial charge is 0.302 e. The minimum atomic E-state index is -0.234. The molecule has 3 nitrogen and oxygen atoms in total. The van der Waals surface area contributed by atoms with Crippen LogP contribution >= 0.6 is 0 Å². The summed E-state index contributed by atoms with van der Waals surface area (Å²) in [4.78, 5) is 10.7. The highest BCUT2D eigenvalue weighted by atomic mass is 16.5. The van der Waals surface area contributed by atoms with Crippen LogP contribution in [0.1, 0.15) is 32.6 Å². The number of ether oxygens (including phenoxy) is 1. The lowest BCUT2D eigenvalue weighted by molar-refractivity contribution is -0.149. The lowest BCUT2D eigenvalue weighted by Gasteiger charge is -2.20. The third kappa shape index (κ3) is 1.04. The van der Waals surface area contributed by atoms with Crippen molar-refractivity contribution in [1.29, 1.82) is 0 Å². The molecule has 1 spiro atoms. The van der Waals surface area contributed by atoms with E-state index in [4.69, 9.17) is 4.74 Å². The first-order chi connectivity index (χ1) is 5.65. The summed E-state index contributed by atoms with van der Waals surface area (Å²) in [6, 6.07) is 0. The molecule has 0 heterocycles. The maximum atomic E-state index is 10.7. The highest BCUT2D eigenvalue weighted by Gasteiger charge is 2.59. The quantitative estimate of drug-likeness (QED) is 0.593. The first-order valence-electron chi connectivity index (χ1n) is 4.50. The molecule has 0 aromatic carbocycles. The van der Waals surface area contributed by atoms with Crippen LogP contribution in [0.2, 0.25) is 0 Å². The summed E-state index contributed by atoms with van der Waals surface area (Å²) in [5.74, 6) is -0.222. The average Bonchev–Trinajstić information content (AvgIpc) is 2.71. The number of aliphatic hydroxyl groups excluding tert-OH is 1. The fourth-order valence-corrected chi connectivity index (χ4v) is 2.27. The van der Waals surface area contributed by atoms with Gasteiger partial charge in [0.15, 0.2) is 0 Å². The maximum absolute atomic E-state index is 10.7. The van der Waals surface area contributed by atoms with Crippen molar-refractivity contribution in [2.45, 2.75) is 44.8 Å². The van der Waals surface area contributed by atoms with Crippen molar-refractivity contribution >= 4 is 5.97 Å². The second kappa shape index (κ2) is 2.46. The largest absolute Gasteiger partial charge is 0.462 e. The van der Waals surface area contributed by atoms with Gasteiger partial charge in [0.2, 0.25) is 0 Å². The molecular weight excluding hydrogens is 156 g/mol. The van der Waals surface area contributed by atoms with E-state index in [1.54, 1.807) is 0 Å². The highest BCUT2D eigenvalue weighted by molar-refractivity contribution is 5.66. The van der Waals surface area contributed by atoms with E-state index in [9.17, 15) is 9.90 Å². The third-order valence-corrected chi connectivity index (χ3v) is 3.14.